The van der Waals surface area contributed by atoms with Crippen molar-refractivity contribution in [3.05, 3.63) is 12.7 Å². The number of hydrogen-bond acceptors (Lipinski definition) is 4. The van der Waals surface area contributed by atoms with Gasteiger partial charge in [0, 0.05) is 11.3 Å². The molecule has 0 N–H and O–H groups in total. The van der Waals surface area contributed by atoms with E-state index in [1.165, 1.54) is 0 Å². The summed E-state index contributed by atoms with van der Waals surface area (Å²) in [7, 11) is 0. The third-order valence-electron chi connectivity index (χ3n) is 8.97. The van der Waals surface area contributed by atoms with Crippen LogP contribution in [0.4, 0.5) is 0 Å². The fourth-order valence-corrected chi connectivity index (χ4v) is 7.66. The number of esters is 1. The third-order valence-corrected chi connectivity index (χ3v) is 8.97. The maximum Gasteiger partial charge on any atom is 0.312 e. The first kappa shape index (κ1) is 14.1. The predicted octanol–water partition coefficient (Wildman–Crippen LogP) is 2.80. The van der Waals surface area contributed by atoms with E-state index in [1.54, 1.807) is 0 Å². The SMILES string of the molecule is C=C[C@@]1(C)CC[C@@]23O[C@]2(C1)C(=O)[C@H]1OC(=O)[C@@]2(C)CC[C@H]4C[C@@]43[C@@H]12. The fourth-order valence-electron chi connectivity index (χ4n) is 7.66. The maximum atomic E-state index is 13.4. The molecule has 4 nitrogen and oxygen atoms in total. The monoisotopic (exact) mass is 328 g/mol. The number of carbonyl (C=O) groups excluding carboxylic acids is 2. The Bertz CT molecular complexity index is 744. The molecule has 0 aromatic heterocycles. The Morgan fingerprint density at radius 1 is 1.21 bits per heavy atom. The van der Waals surface area contributed by atoms with Crippen LogP contribution in [0.1, 0.15) is 52.4 Å². The van der Waals surface area contributed by atoms with Gasteiger partial charge in [-0.2, -0.15) is 0 Å². The normalized spacial score (nSPS) is 65.0. The highest BCUT2D eigenvalue weighted by Gasteiger charge is 2.96. The van der Waals surface area contributed by atoms with Crippen molar-refractivity contribution in [1.29, 1.82) is 0 Å². The van der Waals surface area contributed by atoms with Gasteiger partial charge in [0.05, 0.1) is 5.41 Å². The molecule has 0 bridgehead atoms. The Kier molecular flexibility index (Phi) is 1.99. The van der Waals surface area contributed by atoms with Crippen LogP contribution in [0.2, 0.25) is 0 Å². The lowest BCUT2D eigenvalue weighted by Gasteiger charge is -2.50. The highest BCUT2D eigenvalue weighted by Crippen LogP contribution is 2.87. The number of epoxide rings is 1. The zero-order valence-corrected chi connectivity index (χ0v) is 14.4. The Morgan fingerprint density at radius 3 is 2.75 bits per heavy atom. The van der Waals surface area contributed by atoms with Crippen molar-refractivity contribution in [2.45, 2.75) is 69.7 Å². The molecular weight excluding hydrogens is 304 g/mol. The van der Waals surface area contributed by atoms with Crippen LogP contribution < -0.4 is 0 Å². The van der Waals surface area contributed by atoms with Crippen LogP contribution in [-0.4, -0.2) is 29.1 Å². The van der Waals surface area contributed by atoms with Crippen molar-refractivity contribution in [2.24, 2.45) is 28.1 Å². The molecule has 2 saturated heterocycles. The van der Waals surface area contributed by atoms with Crippen LogP contribution in [-0.2, 0) is 19.1 Å². The summed E-state index contributed by atoms with van der Waals surface area (Å²) in [5.74, 6) is 0.548. The topological polar surface area (TPSA) is 55.9 Å². The molecule has 128 valence electrons. The maximum absolute atomic E-state index is 13.4. The summed E-state index contributed by atoms with van der Waals surface area (Å²) in [6.07, 6.45) is 7.10. The summed E-state index contributed by atoms with van der Waals surface area (Å²) in [6.45, 7) is 8.20. The van der Waals surface area contributed by atoms with Gasteiger partial charge in [-0.15, -0.1) is 6.58 Å². The summed E-state index contributed by atoms with van der Waals surface area (Å²) in [4.78, 5) is 26.1. The quantitative estimate of drug-likeness (QED) is 0.422. The Morgan fingerprint density at radius 2 is 2.00 bits per heavy atom. The number of rotatable bonds is 1. The second-order valence-electron chi connectivity index (χ2n) is 9.86. The van der Waals surface area contributed by atoms with Crippen LogP contribution in [0, 0.1) is 28.1 Å². The Labute approximate surface area is 141 Å². The molecule has 6 aliphatic rings. The van der Waals surface area contributed by atoms with Crippen molar-refractivity contribution < 1.29 is 19.1 Å². The van der Waals surface area contributed by atoms with E-state index in [9.17, 15) is 9.59 Å². The molecule has 24 heavy (non-hydrogen) atoms. The molecule has 4 aliphatic carbocycles. The smallest absolute Gasteiger partial charge is 0.312 e. The second-order valence-corrected chi connectivity index (χ2v) is 9.86. The number of allylic oxidation sites excluding steroid dienone is 1. The molecule has 0 aromatic carbocycles. The van der Waals surface area contributed by atoms with Crippen molar-refractivity contribution >= 4 is 11.8 Å². The summed E-state index contributed by atoms with van der Waals surface area (Å²) in [5.41, 5.74) is -1.58. The zero-order chi connectivity index (χ0) is 16.8. The zero-order valence-electron chi connectivity index (χ0n) is 14.4. The summed E-state index contributed by atoms with van der Waals surface area (Å²) >= 11 is 0. The molecule has 2 heterocycles. The first-order chi connectivity index (χ1) is 11.3. The molecule has 0 unspecified atom stereocenters. The number of Topliss-reactive ketones (excluding diaryl/α,β-unsaturated/α-hetero) is 1. The average molecular weight is 328 g/mol. The third kappa shape index (κ3) is 1.06. The average Bonchev–Trinajstić information content (AvgIpc) is 3.42. The van der Waals surface area contributed by atoms with E-state index in [2.05, 4.69) is 13.5 Å². The van der Waals surface area contributed by atoms with Crippen molar-refractivity contribution in [3.63, 3.8) is 0 Å². The van der Waals surface area contributed by atoms with E-state index >= 15 is 0 Å². The lowest BCUT2D eigenvalue weighted by atomic mass is 9.47. The Hall–Kier alpha value is -1.16. The van der Waals surface area contributed by atoms with Gasteiger partial charge < -0.3 is 9.47 Å². The Balaban J connectivity index is 1.55. The highest BCUT2D eigenvalue weighted by molar-refractivity contribution is 6.02. The van der Waals surface area contributed by atoms with Gasteiger partial charge in [0.2, 0.25) is 5.78 Å². The minimum atomic E-state index is -0.715. The highest BCUT2D eigenvalue weighted by atomic mass is 16.6. The van der Waals surface area contributed by atoms with Gasteiger partial charge in [-0.25, -0.2) is 0 Å². The van der Waals surface area contributed by atoms with Gasteiger partial charge in [-0.05, 0) is 56.8 Å². The van der Waals surface area contributed by atoms with Gasteiger partial charge in [-0.1, -0.05) is 13.0 Å². The van der Waals surface area contributed by atoms with Crippen molar-refractivity contribution in [3.8, 4) is 0 Å². The summed E-state index contributed by atoms with van der Waals surface area (Å²) in [5, 5.41) is 0. The van der Waals surface area contributed by atoms with E-state index in [0.29, 0.717) is 12.3 Å². The standard InChI is InChI=1S/C20H24O4/c1-4-16(2)7-8-20-18-9-11(18)5-6-17(3)13(18)12(23-15(17)22)14(21)19(20,10-16)24-20/h4,11-13H,1,5-10H2,2-3H3/t11-,12-,13-,16-,17-,18-,19+,20-/m0/s1. The van der Waals surface area contributed by atoms with Gasteiger partial charge in [-0.3, -0.25) is 9.59 Å². The lowest BCUT2D eigenvalue weighted by molar-refractivity contribution is -0.154. The van der Waals surface area contributed by atoms with Crippen LogP contribution in [0.15, 0.2) is 12.7 Å². The molecule has 6 rings (SSSR count). The largest absolute Gasteiger partial charge is 0.453 e. The molecular formula is C20H24O4. The van der Waals surface area contributed by atoms with Crippen LogP contribution in [0.5, 0.6) is 0 Å². The fraction of sp³-hybridized carbons (Fsp3) is 0.800. The van der Waals surface area contributed by atoms with Crippen molar-refractivity contribution in [1.82, 2.24) is 0 Å². The minimum absolute atomic E-state index is 0.00718. The molecule has 4 saturated carbocycles. The summed E-state index contributed by atoms with van der Waals surface area (Å²) < 4.78 is 12.2. The predicted molar refractivity (Wildman–Crippen MR) is 85.0 cm³/mol. The molecule has 0 amide bonds. The van der Waals surface area contributed by atoms with Gasteiger partial charge >= 0.3 is 5.97 Å². The number of ether oxygens (including phenoxy) is 2. The van der Waals surface area contributed by atoms with Crippen LogP contribution in [0.25, 0.3) is 0 Å². The molecule has 1 spiro atoms. The number of hydrogen-bond donors (Lipinski definition) is 0. The molecule has 2 aliphatic heterocycles. The minimum Gasteiger partial charge on any atom is -0.453 e. The first-order valence-electron chi connectivity index (χ1n) is 9.38. The first-order valence-corrected chi connectivity index (χ1v) is 9.38. The van der Waals surface area contributed by atoms with Crippen molar-refractivity contribution in [2.75, 3.05) is 0 Å². The molecule has 4 heteroatoms. The van der Waals surface area contributed by atoms with Crippen LogP contribution in [0.3, 0.4) is 0 Å². The molecule has 0 aromatic rings. The van der Waals surface area contributed by atoms with Gasteiger partial charge in [0.15, 0.2) is 11.7 Å². The van der Waals surface area contributed by atoms with Gasteiger partial charge in [0.1, 0.15) is 5.60 Å². The molecule has 8 atom stereocenters. The number of carbonyl (C=O) groups is 2. The molecule has 0 radical (unpaired) electrons. The number of ketones is 1. The van der Waals surface area contributed by atoms with Gasteiger partial charge in [0.25, 0.3) is 0 Å². The lowest BCUT2D eigenvalue weighted by Crippen LogP contribution is -2.62. The molecule has 6 fully saturated rings. The van der Waals surface area contributed by atoms with E-state index in [1.807, 2.05) is 13.0 Å². The summed E-state index contributed by atoms with van der Waals surface area (Å²) in [6, 6.07) is 0. The van der Waals surface area contributed by atoms with E-state index < -0.39 is 17.1 Å². The van der Waals surface area contributed by atoms with Crippen LogP contribution >= 0.6 is 0 Å². The van der Waals surface area contributed by atoms with E-state index in [4.69, 9.17) is 9.47 Å². The van der Waals surface area contributed by atoms with E-state index in [-0.39, 0.29) is 34.1 Å². The second kappa shape index (κ2) is 3.40. The van der Waals surface area contributed by atoms with E-state index in [0.717, 1.165) is 32.1 Å².